The lowest BCUT2D eigenvalue weighted by atomic mass is 9.83. The van der Waals surface area contributed by atoms with Gasteiger partial charge in [-0.3, -0.25) is 9.78 Å². The monoisotopic (exact) mass is 433 g/mol. The van der Waals surface area contributed by atoms with Crippen LogP contribution in [0.5, 0.6) is 5.75 Å². The maximum absolute atomic E-state index is 12.7. The second kappa shape index (κ2) is 8.79. The van der Waals surface area contributed by atoms with Crippen LogP contribution in [0.15, 0.2) is 48.8 Å². The second-order valence-electron chi connectivity index (χ2n) is 7.18. The van der Waals surface area contributed by atoms with Crippen LogP contribution < -0.4 is 4.74 Å². The number of imidazole rings is 1. The van der Waals surface area contributed by atoms with Gasteiger partial charge in [-0.15, -0.1) is 0 Å². The SMILES string of the molecule is CCC(CC)(COc1ccc(-c2ccc(-c3ncc(C(F)(F)F)[nH]3)cn2)cc1)C(=O)O. The van der Waals surface area contributed by atoms with Gasteiger partial charge in [-0.05, 0) is 49.2 Å². The predicted octanol–water partition coefficient (Wildman–Crippen LogP) is 5.43. The highest BCUT2D eigenvalue weighted by molar-refractivity contribution is 5.74. The third-order valence-electron chi connectivity index (χ3n) is 5.39. The highest BCUT2D eigenvalue weighted by atomic mass is 19.4. The van der Waals surface area contributed by atoms with Crippen molar-refractivity contribution in [3.05, 3.63) is 54.5 Å². The Hall–Kier alpha value is -3.36. The predicted molar refractivity (Wildman–Crippen MR) is 108 cm³/mol. The smallest absolute Gasteiger partial charge is 0.432 e. The van der Waals surface area contributed by atoms with Crippen molar-refractivity contribution in [3.63, 3.8) is 0 Å². The summed E-state index contributed by atoms with van der Waals surface area (Å²) in [5, 5.41) is 9.49. The van der Waals surface area contributed by atoms with Crippen LogP contribution in [0.4, 0.5) is 13.2 Å². The molecule has 0 spiro atoms. The van der Waals surface area contributed by atoms with E-state index in [-0.39, 0.29) is 12.4 Å². The van der Waals surface area contributed by atoms with E-state index in [2.05, 4.69) is 15.0 Å². The number of nitrogens with one attached hydrogen (secondary N) is 1. The number of aromatic amines is 1. The third-order valence-corrected chi connectivity index (χ3v) is 5.39. The number of carboxylic acids is 1. The molecule has 164 valence electrons. The summed E-state index contributed by atoms with van der Waals surface area (Å²) >= 11 is 0. The van der Waals surface area contributed by atoms with Crippen LogP contribution in [0.25, 0.3) is 22.6 Å². The zero-order valence-electron chi connectivity index (χ0n) is 17.0. The Morgan fingerprint density at radius 3 is 2.13 bits per heavy atom. The number of nitrogens with zero attached hydrogens (tertiary/aromatic N) is 2. The number of halogens is 3. The molecule has 3 rings (SSSR count). The van der Waals surface area contributed by atoms with Gasteiger partial charge in [0.1, 0.15) is 29.3 Å². The summed E-state index contributed by atoms with van der Waals surface area (Å²) in [6, 6.07) is 10.3. The fourth-order valence-electron chi connectivity index (χ4n) is 3.08. The number of carbonyl (C=O) groups is 1. The van der Waals surface area contributed by atoms with Crippen LogP contribution in [0, 0.1) is 5.41 Å². The molecule has 0 aliphatic carbocycles. The lowest BCUT2D eigenvalue weighted by Gasteiger charge is -2.26. The molecule has 0 saturated carbocycles. The minimum absolute atomic E-state index is 0.0741. The zero-order chi connectivity index (χ0) is 22.6. The van der Waals surface area contributed by atoms with Crippen molar-refractivity contribution in [3.8, 4) is 28.4 Å². The van der Waals surface area contributed by atoms with E-state index in [1.807, 2.05) is 13.8 Å². The number of aliphatic carboxylic acids is 1. The molecule has 0 unspecified atom stereocenters. The number of aromatic nitrogens is 3. The summed E-state index contributed by atoms with van der Waals surface area (Å²) in [5.41, 5.74) is 0.00160. The van der Waals surface area contributed by atoms with Gasteiger partial charge in [0.05, 0.1) is 11.9 Å². The Kier molecular flexibility index (Phi) is 6.33. The molecule has 0 fully saturated rings. The van der Waals surface area contributed by atoms with E-state index in [1.54, 1.807) is 36.4 Å². The standard InChI is InChI=1S/C22H22F3N3O3/c1-3-21(4-2,20(29)30)13-31-16-8-5-14(6-9-16)17-10-7-15(11-26-17)19-27-12-18(28-19)22(23,24)25/h5-12H,3-4,13H2,1-2H3,(H,27,28)(H,29,30). The third kappa shape index (κ3) is 4.87. The molecule has 0 aliphatic heterocycles. The molecule has 2 N–H and O–H groups in total. The fraction of sp³-hybridized carbons (Fsp3) is 0.318. The number of hydrogen-bond acceptors (Lipinski definition) is 4. The normalized spacial score (nSPS) is 12.0. The maximum atomic E-state index is 12.7. The molecule has 0 atom stereocenters. The highest BCUT2D eigenvalue weighted by Gasteiger charge is 2.36. The fourth-order valence-corrected chi connectivity index (χ4v) is 3.08. The molecule has 9 heteroatoms. The molecule has 0 radical (unpaired) electrons. The van der Waals surface area contributed by atoms with E-state index in [0.29, 0.717) is 29.8 Å². The number of alkyl halides is 3. The van der Waals surface area contributed by atoms with Gasteiger partial charge in [0.15, 0.2) is 0 Å². The van der Waals surface area contributed by atoms with Gasteiger partial charge in [0.2, 0.25) is 0 Å². The van der Waals surface area contributed by atoms with E-state index >= 15 is 0 Å². The number of benzene rings is 1. The number of carboxylic acid groups (broad SMARTS) is 1. The summed E-state index contributed by atoms with van der Waals surface area (Å²) in [5.74, 6) is -0.246. The number of H-pyrrole nitrogens is 1. The molecular weight excluding hydrogens is 411 g/mol. The highest BCUT2D eigenvalue weighted by Crippen LogP contribution is 2.31. The summed E-state index contributed by atoms with van der Waals surface area (Å²) in [7, 11) is 0. The molecular formula is C22H22F3N3O3. The Bertz CT molecular complexity index is 1020. The van der Waals surface area contributed by atoms with Crippen molar-refractivity contribution in [2.45, 2.75) is 32.9 Å². The van der Waals surface area contributed by atoms with Gasteiger partial charge in [-0.25, -0.2) is 4.98 Å². The van der Waals surface area contributed by atoms with Gasteiger partial charge in [0, 0.05) is 17.3 Å². The quantitative estimate of drug-likeness (QED) is 0.495. The van der Waals surface area contributed by atoms with E-state index in [9.17, 15) is 23.1 Å². The van der Waals surface area contributed by atoms with E-state index < -0.39 is 23.3 Å². The van der Waals surface area contributed by atoms with Gasteiger partial charge in [0.25, 0.3) is 0 Å². The first kappa shape index (κ1) is 22.3. The van der Waals surface area contributed by atoms with Crippen LogP contribution in [-0.2, 0) is 11.0 Å². The van der Waals surface area contributed by atoms with Gasteiger partial charge in [-0.2, -0.15) is 13.2 Å². The van der Waals surface area contributed by atoms with Crippen molar-refractivity contribution in [2.24, 2.45) is 5.41 Å². The summed E-state index contributed by atoms with van der Waals surface area (Å²) in [4.78, 5) is 21.9. The van der Waals surface area contributed by atoms with E-state index in [1.165, 1.54) is 6.20 Å². The summed E-state index contributed by atoms with van der Waals surface area (Å²) in [6.45, 7) is 3.73. The van der Waals surface area contributed by atoms with Crippen LogP contribution in [0.2, 0.25) is 0 Å². The Morgan fingerprint density at radius 2 is 1.65 bits per heavy atom. The van der Waals surface area contributed by atoms with Gasteiger partial charge >= 0.3 is 12.1 Å². The number of hydrogen-bond donors (Lipinski definition) is 2. The molecule has 31 heavy (non-hydrogen) atoms. The van der Waals surface area contributed by atoms with Crippen LogP contribution in [0.1, 0.15) is 32.4 Å². The number of rotatable bonds is 8. The number of ether oxygens (including phenoxy) is 1. The molecule has 0 saturated heterocycles. The molecule has 2 heterocycles. The first-order valence-corrected chi connectivity index (χ1v) is 9.74. The van der Waals surface area contributed by atoms with E-state index in [0.717, 1.165) is 11.8 Å². The molecule has 0 amide bonds. The van der Waals surface area contributed by atoms with Gasteiger partial charge in [-0.1, -0.05) is 13.8 Å². The topological polar surface area (TPSA) is 88.1 Å². The van der Waals surface area contributed by atoms with Crippen LogP contribution >= 0.6 is 0 Å². The van der Waals surface area contributed by atoms with Crippen molar-refractivity contribution in [1.29, 1.82) is 0 Å². The maximum Gasteiger partial charge on any atom is 0.432 e. The summed E-state index contributed by atoms with van der Waals surface area (Å²) in [6.07, 6.45) is -1.36. The van der Waals surface area contributed by atoms with Crippen LogP contribution in [-0.4, -0.2) is 32.6 Å². The minimum Gasteiger partial charge on any atom is -0.492 e. The van der Waals surface area contributed by atoms with Crippen molar-refractivity contribution in [1.82, 2.24) is 15.0 Å². The Labute approximate surface area is 177 Å². The van der Waals surface area contributed by atoms with Crippen molar-refractivity contribution in [2.75, 3.05) is 6.61 Å². The zero-order valence-corrected chi connectivity index (χ0v) is 17.0. The summed E-state index contributed by atoms with van der Waals surface area (Å²) < 4.78 is 43.8. The first-order valence-electron chi connectivity index (χ1n) is 9.74. The second-order valence-corrected chi connectivity index (χ2v) is 7.18. The molecule has 6 nitrogen and oxygen atoms in total. The van der Waals surface area contributed by atoms with Crippen molar-refractivity contribution < 1.29 is 27.8 Å². The molecule has 1 aromatic carbocycles. The van der Waals surface area contributed by atoms with E-state index in [4.69, 9.17) is 4.74 Å². The lowest BCUT2D eigenvalue weighted by molar-refractivity contribution is -0.151. The van der Waals surface area contributed by atoms with Crippen LogP contribution in [0.3, 0.4) is 0 Å². The Morgan fingerprint density at radius 1 is 1.00 bits per heavy atom. The molecule has 0 aliphatic rings. The molecule has 2 aromatic heterocycles. The number of pyridine rings is 1. The molecule has 0 bridgehead atoms. The van der Waals surface area contributed by atoms with Gasteiger partial charge < -0.3 is 14.8 Å². The minimum atomic E-state index is -4.49. The lowest BCUT2D eigenvalue weighted by Crippen LogP contribution is -2.36. The average molecular weight is 433 g/mol. The van der Waals surface area contributed by atoms with Crippen molar-refractivity contribution >= 4 is 5.97 Å². The first-order chi connectivity index (χ1) is 14.7. The average Bonchev–Trinajstić information content (AvgIpc) is 3.26. The largest absolute Gasteiger partial charge is 0.492 e. The Balaban J connectivity index is 1.70. The molecule has 3 aromatic rings.